The number of pyridine rings is 1. The summed E-state index contributed by atoms with van der Waals surface area (Å²) in [6.07, 6.45) is -4.07. The fourth-order valence-electron chi connectivity index (χ4n) is 5.92. The topological polar surface area (TPSA) is 85.7 Å². The maximum atomic E-state index is 14.3. The van der Waals surface area contributed by atoms with E-state index in [0.717, 1.165) is 44.5 Å². The molecule has 1 unspecified atom stereocenters. The summed E-state index contributed by atoms with van der Waals surface area (Å²) in [5.41, 5.74) is -0.393. The second kappa shape index (κ2) is 11.6. The first-order valence-electron chi connectivity index (χ1n) is 14.0. The smallest absolute Gasteiger partial charge is 0.416 e. The Morgan fingerprint density at radius 1 is 1.00 bits per heavy atom. The van der Waals surface area contributed by atoms with Crippen molar-refractivity contribution in [1.29, 1.82) is 0 Å². The van der Waals surface area contributed by atoms with Crippen molar-refractivity contribution in [2.45, 2.75) is 50.4 Å². The highest BCUT2D eigenvalue weighted by Crippen LogP contribution is 2.41. The van der Waals surface area contributed by atoms with E-state index in [2.05, 4.69) is 0 Å². The van der Waals surface area contributed by atoms with Gasteiger partial charge in [0.15, 0.2) is 5.03 Å². The number of benzene rings is 3. The Kier molecular flexibility index (Phi) is 8.24. The molecule has 0 radical (unpaired) electrons. The van der Waals surface area contributed by atoms with Gasteiger partial charge in [-0.25, -0.2) is 13.2 Å². The van der Waals surface area contributed by atoms with Gasteiger partial charge in [-0.1, -0.05) is 68.4 Å². The lowest BCUT2D eigenvalue weighted by molar-refractivity contribution is -0.145. The molecule has 43 heavy (non-hydrogen) atoms. The number of halogens is 3. The predicted molar refractivity (Wildman–Crippen MR) is 157 cm³/mol. The lowest BCUT2D eigenvalue weighted by atomic mass is 9.89. The average Bonchev–Trinajstić information content (AvgIpc) is 2.98. The molecule has 3 aromatic carbocycles. The number of carbonyl (C=O) groups is 1. The number of nitrogens with zero attached hydrogens (tertiary/aromatic N) is 2. The molecule has 5 rings (SSSR count). The monoisotopic (exact) mass is 612 g/mol. The molecule has 0 spiro atoms. The van der Waals surface area contributed by atoms with Gasteiger partial charge in [0.1, 0.15) is 6.04 Å². The molecule has 0 saturated carbocycles. The van der Waals surface area contributed by atoms with Crippen LogP contribution in [-0.4, -0.2) is 43.5 Å². The van der Waals surface area contributed by atoms with E-state index in [1.54, 1.807) is 13.8 Å². The van der Waals surface area contributed by atoms with Crippen LogP contribution in [0.5, 0.6) is 0 Å². The fourth-order valence-corrected chi connectivity index (χ4v) is 7.88. The van der Waals surface area contributed by atoms with Crippen LogP contribution in [0.2, 0.25) is 0 Å². The number of ether oxygens (including phenoxy) is 1. The number of fused-ring (bicyclic) bond motifs is 2. The number of hydrogen-bond donors (Lipinski definition) is 0. The standard InChI is InChI=1S/C32H31F3N2O5S/c1-4-16-36-19-27(31(39)42-3)37-29(38)24(5-2)26(18-21-12-8-11-20-10-6-7-15-25(20)21)28(30(37)43(36,40)41)22-13-9-14-23(17-22)32(33,34)35/h6-15,17,27H,4-5,16,18-19H2,1-3H3. The summed E-state index contributed by atoms with van der Waals surface area (Å²) in [6.45, 7) is 3.20. The lowest BCUT2D eigenvalue weighted by Gasteiger charge is -2.36. The maximum Gasteiger partial charge on any atom is 0.416 e. The van der Waals surface area contributed by atoms with Crippen LogP contribution < -0.4 is 5.56 Å². The Labute approximate surface area is 247 Å². The molecule has 1 aliphatic heterocycles. The first kappa shape index (κ1) is 30.5. The van der Waals surface area contributed by atoms with Gasteiger partial charge in [-0.2, -0.15) is 17.5 Å². The molecule has 2 heterocycles. The first-order chi connectivity index (χ1) is 20.4. The van der Waals surface area contributed by atoms with Gasteiger partial charge in [0.05, 0.1) is 12.7 Å². The van der Waals surface area contributed by atoms with E-state index in [-0.39, 0.29) is 42.6 Å². The molecular formula is C32H31F3N2O5S. The van der Waals surface area contributed by atoms with Crippen molar-refractivity contribution in [2.75, 3.05) is 20.2 Å². The molecule has 0 aliphatic carbocycles. The van der Waals surface area contributed by atoms with Crippen LogP contribution in [0.1, 0.15) is 48.6 Å². The van der Waals surface area contributed by atoms with Crippen LogP contribution in [0.3, 0.4) is 0 Å². The van der Waals surface area contributed by atoms with Crippen molar-refractivity contribution in [3.05, 3.63) is 99.3 Å². The normalized spacial score (nSPS) is 16.7. The van der Waals surface area contributed by atoms with E-state index >= 15 is 0 Å². The van der Waals surface area contributed by atoms with Gasteiger partial charge in [0, 0.05) is 24.2 Å². The Morgan fingerprint density at radius 2 is 1.70 bits per heavy atom. The highest BCUT2D eigenvalue weighted by Gasteiger charge is 2.44. The highest BCUT2D eigenvalue weighted by atomic mass is 32.2. The molecule has 7 nitrogen and oxygen atoms in total. The van der Waals surface area contributed by atoms with Crippen LogP contribution in [0.25, 0.3) is 21.9 Å². The zero-order chi connectivity index (χ0) is 31.1. The van der Waals surface area contributed by atoms with E-state index in [9.17, 15) is 31.2 Å². The van der Waals surface area contributed by atoms with Crippen LogP contribution >= 0.6 is 0 Å². The van der Waals surface area contributed by atoms with E-state index in [1.165, 1.54) is 12.1 Å². The molecule has 226 valence electrons. The third-order valence-electron chi connectivity index (χ3n) is 7.87. The number of carbonyl (C=O) groups excluding carboxylic acids is 1. The Balaban J connectivity index is 1.95. The molecule has 11 heteroatoms. The third kappa shape index (κ3) is 5.36. The van der Waals surface area contributed by atoms with Crippen molar-refractivity contribution < 1.29 is 31.1 Å². The quantitative estimate of drug-likeness (QED) is 0.240. The third-order valence-corrected chi connectivity index (χ3v) is 9.77. The van der Waals surface area contributed by atoms with Crippen molar-refractivity contribution in [3.63, 3.8) is 0 Å². The fraction of sp³-hybridized carbons (Fsp3) is 0.312. The molecule has 1 aliphatic rings. The number of aromatic nitrogens is 1. The Hall–Kier alpha value is -3.96. The zero-order valence-corrected chi connectivity index (χ0v) is 24.8. The predicted octanol–water partition coefficient (Wildman–Crippen LogP) is 5.97. The van der Waals surface area contributed by atoms with Gasteiger partial charge in [0.2, 0.25) is 0 Å². The molecule has 1 aromatic heterocycles. The van der Waals surface area contributed by atoms with Crippen LogP contribution in [0, 0.1) is 0 Å². The van der Waals surface area contributed by atoms with Crippen molar-refractivity contribution in [1.82, 2.24) is 8.87 Å². The molecule has 4 aromatic rings. The molecular weight excluding hydrogens is 581 g/mol. The Morgan fingerprint density at radius 3 is 2.37 bits per heavy atom. The van der Waals surface area contributed by atoms with Gasteiger partial charge in [-0.3, -0.25) is 9.36 Å². The maximum absolute atomic E-state index is 14.3. The van der Waals surface area contributed by atoms with Gasteiger partial charge >= 0.3 is 12.1 Å². The zero-order valence-electron chi connectivity index (χ0n) is 23.9. The lowest BCUT2D eigenvalue weighted by Crippen LogP contribution is -2.50. The molecule has 0 N–H and O–H groups in total. The summed E-state index contributed by atoms with van der Waals surface area (Å²) in [7, 11) is -3.30. The molecule has 0 fully saturated rings. The van der Waals surface area contributed by atoms with Crippen molar-refractivity contribution in [2.24, 2.45) is 0 Å². The Bertz CT molecular complexity index is 1880. The van der Waals surface area contributed by atoms with Gasteiger partial charge in [0.25, 0.3) is 15.6 Å². The summed E-state index contributed by atoms with van der Waals surface area (Å²) >= 11 is 0. The molecule has 0 amide bonds. The van der Waals surface area contributed by atoms with Crippen LogP contribution in [0.4, 0.5) is 13.2 Å². The average molecular weight is 613 g/mol. The van der Waals surface area contributed by atoms with E-state index < -0.39 is 44.4 Å². The molecule has 1 atom stereocenters. The van der Waals surface area contributed by atoms with Gasteiger partial charge < -0.3 is 4.74 Å². The molecule has 0 bridgehead atoms. The van der Waals surface area contributed by atoms with E-state index in [0.29, 0.717) is 12.0 Å². The summed E-state index contributed by atoms with van der Waals surface area (Å²) in [6, 6.07) is 16.3. The minimum Gasteiger partial charge on any atom is -0.467 e. The van der Waals surface area contributed by atoms with Gasteiger partial charge in [-0.05, 0) is 58.9 Å². The van der Waals surface area contributed by atoms with Crippen molar-refractivity contribution in [3.8, 4) is 11.1 Å². The number of esters is 1. The van der Waals surface area contributed by atoms with Gasteiger partial charge in [-0.15, -0.1) is 0 Å². The molecule has 0 saturated heterocycles. The summed E-state index contributed by atoms with van der Waals surface area (Å²) in [5.74, 6) is -0.821. The number of sulfonamides is 1. The highest BCUT2D eigenvalue weighted by molar-refractivity contribution is 7.89. The summed E-state index contributed by atoms with van der Waals surface area (Å²) < 4.78 is 77.4. The number of rotatable bonds is 7. The first-order valence-corrected chi connectivity index (χ1v) is 15.4. The minimum absolute atomic E-state index is 0.0194. The summed E-state index contributed by atoms with van der Waals surface area (Å²) in [4.78, 5) is 27.3. The largest absolute Gasteiger partial charge is 0.467 e. The van der Waals surface area contributed by atoms with Crippen LogP contribution in [-0.2, 0) is 38.6 Å². The second-order valence-corrected chi connectivity index (χ2v) is 12.3. The summed E-state index contributed by atoms with van der Waals surface area (Å²) in [5, 5.41) is 1.28. The number of hydrogen-bond acceptors (Lipinski definition) is 5. The minimum atomic E-state index is -4.70. The SMILES string of the molecule is CCCN1CC(C(=O)OC)n2c(c(-c3cccc(C(F)(F)F)c3)c(Cc3cccc4ccccc34)c(CC)c2=O)S1(=O)=O. The number of methoxy groups -OCH3 is 1. The van der Waals surface area contributed by atoms with Crippen LogP contribution in [0.15, 0.2) is 76.6 Å². The van der Waals surface area contributed by atoms with E-state index in [4.69, 9.17) is 4.74 Å². The number of alkyl halides is 3. The van der Waals surface area contributed by atoms with Crippen molar-refractivity contribution >= 4 is 26.8 Å². The second-order valence-electron chi connectivity index (χ2n) is 10.5. The van der Waals surface area contributed by atoms with E-state index in [1.807, 2.05) is 42.5 Å².